The molecule has 0 bridgehead atoms. The van der Waals surface area contributed by atoms with E-state index in [4.69, 9.17) is 0 Å². The van der Waals surface area contributed by atoms with E-state index in [-0.39, 0.29) is 0 Å². The van der Waals surface area contributed by atoms with Crippen LogP contribution < -0.4 is 15.9 Å². The lowest BCUT2D eigenvalue weighted by Crippen LogP contribution is -2.32. The van der Waals surface area contributed by atoms with E-state index in [0.717, 1.165) is 11.7 Å². The maximum Gasteiger partial charge on any atom is 0.116 e. The summed E-state index contributed by atoms with van der Waals surface area (Å²) in [4.78, 5) is 0. The van der Waals surface area contributed by atoms with Gasteiger partial charge in [-0.05, 0) is 47.5 Å². The highest BCUT2D eigenvalue weighted by Gasteiger charge is 2.45. The van der Waals surface area contributed by atoms with E-state index in [9.17, 15) is 0 Å². The van der Waals surface area contributed by atoms with E-state index in [1.165, 1.54) is 21.5 Å². The zero-order chi connectivity index (χ0) is 19.2. The van der Waals surface area contributed by atoms with Gasteiger partial charge in [0, 0.05) is 0 Å². The molecule has 4 aromatic carbocycles. The van der Waals surface area contributed by atoms with E-state index in [1.54, 1.807) is 0 Å². The summed E-state index contributed by atoms with van der Waals surface area (Å²) < 4.78 is 0. The van der Waals surface area contributed by atoms with Crippen molar-refractivity contribution in [2.24, 2.45) is 0 Å². The number of hydrogen-bond acceptors (Lipinski definition) is 0. The Balaban J connectivity index is 1.99. The van der Waals surface area contributed by atoms with Gasteiger partial charge in [-0.1, -0.05) is 91.5 Å². The minimum absolute atomic E-state index is 1.01. The monoisotopic (exact) mass is 379 g/mol. The van der Waals surface area contributed by atoms with Crippen LogP contribution in [0.4, 0.5) is 0 Å². The van der Waals surface area contributed by atoms with Crippen molar-refractivity contribution >= 4 is 29.3 Å². The van der Waals surface area contributed by atoms with Crippen LogP contribution in [0.15, 0.2) is 122 Å². The highest BCUT2D eigenvalue weighted by Crippen LogP contribution is 2.58. The maximum absolute atomic E-state index is 3.92. The van der Waals surface area contributed by atoms with E-state index < -0.39 is 7.26 Å². The standard InChI is InChI=1S/C27H24P/c1-2-23-18-20-27(21-19-23)28(25-14-8-4-9-15-25,26-16-10-5-11-17-26)22-24-12-6-3-7-13-24/h2-21H,1,22H2/q+1. The lowest BCUT2D eigenvalue weighted by Gasteiger charge is -2.28. The smallest absolute Gasteiger partial charge is 0.0985 e. The zero-order valence-electron chi connectivity index (χ0n) is 15.9. The average molecular weight is 379 g/mol. The van der Waals surface area contributed by atoms with Crippen LogP contribution in [-0.2, 0) is 6.16 Å². The summed E-state index contributed by atoms with van der Waals surface area (Å²) in [5, 5.41) is 4.23. The second-order valence-electron chi connectivity index (χ2n) is 6.92. The summed E-state index contributed by atoms with van der Waals surface area (Å²) in [6, 6.07) is 41.9. The second kappa shape index (κ2) is 8.38. The van der Waals surface area contributed by atoms with Crippen LogP contribution in [0.5, 0.6) is 0 Å². The third-order valence-electron chi connectivity index (χ3n) is 5.23. The first-order valence-corrected chi connectivity index (χ1v) is 11.6. The molecule has 0 spiro atoms. The molecule has 0 saturated carbocycles. The van der Waals surface area contributed by atoms with Crippen LogP contribution in [0, 0.1) is 0 Å². The normalized spacial score (nSPS) is 11.1. The molecule has 136 valence electrons. The van der Waals surface area contributed by atoms with Gasteiger partial charge >= 0.3 is 0 Å². The molecule has 4 aromatic rings. The summed E-state index contributed by atoms with van der Waals surface area (Å²) >= 11 is 0. The van der Waals surface area contributed by atoms with Crippen molar-refractivity contribution in [3.63, 3.8) is 0 Å². The number of hydrogen-bond donors (Lipinski definition) is 0. The third-order valence-corrected chi connectivity index (χ3v) is 9.60. The van der Waals surface area contributed by atoms with Gasteiger partial charge in [0.15, 0.2) is 0 Å². The molecular formula is C27H24P+. The first-order chi connectivity index (χ1) is 13.8. The van der Waals surface area contributed by atoms with Crippen LogP contribution in [0.2, 0.25) is 0 Å². The van der Waals surface area contributed by atoms with Crippen molar-refractivity contribution in [3.05, 3.63) is 133 Å². The fourth-order valence-corrected chi connectivity index (χ4v) is 8.03. The Morgan fingerprint density at radius 3 is 1.43 bits per heavy atom. The largest absolute Gasteiger partial charge is 0.116 e. The molecular weight excluding hydrogens is 355 g/mol. The molecule has 0 aromatic heterocycles. The summed E-state index contributed by atoms with van der Waals surface area (Å²) in [6.45, 7) is 3.92. The Bertz CT molecular complexity index is 980. The Morgan fingerprint density at radius 1 is 0.536 bits per heavy atom. The van der Waals surface area contributed by atoms with Crippen molar-refractivity contribution in [1.29, 1.82) is 0 Å². The number of benzene rings is 4. The molecule has 0 radical (unpaired) electrons. The Labute approximate surface area is 168 Å². The van der Waals surface area contributed by atoms with Gasteiger partial charge in [0.05, 0.1) is 6.16 Å². The molecule has 0 heterocycles. The molecule has 0 N–H and O–H groups in total. The molecule has 0 atom stereocenters. The lowest BCUT2D eigenvalue weighted by atomic mass is 10.2. The third kappa shape index (κ3) is 3.57. The van der Waals surface area contributed by atoms with Crippen LogP contribution in [-0.4, -0.2) is 0 Å². The maximum atomic E-state index is 3.92. The first kappa shape index (κ1) is 18.4. The molecule has 0 amide bonds. The van der Waals surface area contributed by atoms with Gasteiger partial charge in [0.2, 0.25) is 0 Å². The Hall–Kier alpha value is -2.95. The van der Waals surface area contributed by atoms with E-state index in [1.807, 2.05) is 6.08 Å². The Morgan fingerprint density at radius 2 is 0.964 bits per heavy atom. The van der Waals surface area contributed by atoms with Gasteiger partial charge in [-0.15, -0.1) is 0 Å². The SMILES string of the molecule is C=Cc1ccc([P+](Cc2ccccc2)(c2ccccc2)c2ccccc2)cc1. The van der Waals surface area contributed by atoms with Crippen molar-refractivity contribution < 1.29 is 0 Å². The lowest BCUT2D eigenvalue weighted by molar-refractivity contribution is 1.39. The first-order valence-electron chi connectivity index (χ1n) is 9.59. The van der Waals surface area contributed by atoms with Crippen molar-refractivity contribution in [2.75, 3.05) is 0 Å². The van der Waals surface area contributed by atoms with E-state index in [2.05, 4.69) is 122 Å². The minimum atomic E-state index is -1.84. The van der Waals surface area contributed by atoms with Gasteiger partial charge in [-0.25, -0.2) is 0 Å². The molecule has 0 unspecified atom stereocenters. The quantitative estimate of drug-likeness (QED) is 0.370. The molecule has 0 saturated heterocycles. The second-order valence-corrected chi connectivity index (χ2v) is 10.4. The molecule has 4 rings (SSSR count). The van der Waals surface area contributed by atoms with Gasteiger partial charge in [0.1, 0.15) is 23.2 Å². The van der Waals surface area contributed by atoms with Gasteiger partial charge in [0.25, 0.3) is 0 Å². The van der Waals surface area contributed by atoms with E-state index in [0.29, 0.717) is 0 Å². The van der Waals surface area contributed by atoms with Gasteiger partial charge in [-0.2, -0.15) is 0 Å². The van der Waals surface area contributed by atoms with Crippen LogP contribution in [0.1, 0.15) is 11.1 Å². The topological polar surface area (TPSA) is 0 Å². The van der Waals surface area contributed by atoms with Crippen molar-refractivity contribution in [1.82, 2.24) is 0 Å². The predicted molar refractivity (Wildman–Crippen MR) is 125 cm³/mol. The van der Waals surface area contributed by atoms with Crippen LogP contribution in [0.3, 0.4) is 0 Å². The summed E-state index contributed by atoms with van der Waals surface area (Å²) in [7, 11) is -1.84. The van der Waals surface area contributed by atoms with Gasteiger partial charge < -0.3 is 0 Å². The summed E-state index contributed by atoms with van der Waals surface area (Å²) in [5.74, 6) is 0. The molecule has 0 fully saturated rings. The zero-order valence-corrected chi connectivity index (χ0v) is 16.8. The fourth-order valence-electron chi connectivity index (χ4n) is 3.81. The molecule has 0 nitrogen and oxygen atoms in total. The van der Waals surface area contributed by atoms with Crippen LogP contribution >= 0.6 is 7.26 Å². The predicted octanol–water partition coefficient (Wildman–Crippen LogP) is 5.82. The fraction of sp³-hybridized carbons (Fsp3) is 0.0370. The van der Waals surface area contributed by atoms with Crippen molar-refractivity contribution in [2.45, 2.75) is 6.16 Å². The highest BCUT2D eigenvalue weighted by atomic mass is 31.2. The Kier molecular flexibility index (Phi) is 5.51. The van der Waals surface area contributed by atoms with Crippen molar-refractivity contribution in [3.8, 4) is 0 Å². The van der Waals surface area contributed by atoms with Gasteiger partial charge in [-0.3, -0.25) is 0 Å². The highest BCUT2D eigenvalue weighted by molar-refractivity contribution is 7.95. The minimum Gasteiger partial charge on any atom is -0.0985 e. The molecule has 0 aliphatic heterocycles. The van der Waals surface area contributed by atoms with E-state index >= 15 is 0 Å². The molecule has 28 heavy (non-hydrogen) atoms. The number of rotatable bonds is 6. The summed E-state index contributed by atoms with van der Waals surface area (Å²) in [6.07, 6.45) is 2.92. The summed E-state index contributed by atoms with van der Waals surface area (Å²) in [5.41, 5.74) is 2.53. The molecule has 0 aliphatic rings. The van der Waals surface area contributed by atoms with Crippen LogP contribution in [0.25, 0.3) is 6.08 Å². The average Bonchev–Trinajstić information content (AvgIpc) is 2.79. The molecule has 0 aliphatic carbocycles. The molecule has 1 heteroatoms.